The van der Waals surface area contributed by atoms with E-state index in [4.69, 9.17) is 0 Å². The summed E-state index contributed by atoms with van der Waals surface area (Å²) in [7, 11) is 0. The monoisotopic (exact) mass is 263 g/mol. The van der Waals surface area contributed by atoms with E-state index >= 15 is 0 Å². The first-order valence-corrected chi connectivity index (χ1v) is 5.63. The molecule has 0 aliphatic carbocycles. The van der Waals surface area contributed by atoms with Gasteiger partial charge in [-0.3, -0.25) is 9.78 Å². The number of hydrogen-bond donors (Lipinski definition) is 0. The van der Waals surface area contributed by atoms with Gasteiger partial charge in [-0.1, -0.05) is 18.2 Å². The van der Waals surface area contributed by atoms with E-state index in [1.165, 1.54) is 12.1 Å². The van der Waals surface area contributed by atoms with Crippen LogP contribution in [0.4, 0.5) is 8.78 Å². The molecule has 0 fully saturated rings. The number of ketones is 1. The van der Waals surface area contributed by atoms with Crippen LogP contribution in [0.5, 0.6) is 5.75 Å². The highest BCUT2D eigenvalue weighted by Gasteiger charge is 2.15. The summed E-state index contributed by atoms with van der Waals surface area (Å²) in [6, 6.07) is 9.43. The molecule has 0 aliphatic rings. The van der Waals surface area contributed by atoms with Crippen molar-refractivity contribution in [3.8, 4) is 5.75 Å². The summed E-state index contributed by atoms with van der Waals surface area (Å²) in [6.45, 7) is -2.95. The Hall–Kier alpha value is -2.30. The lowest BCUT2D eigenvalue weighted by molar-refractivity contribution is -0.0501. The van der Waals surface area contributed by atoms with Gasteiger partial charge in [0.25, 0.3) is 0 Å². The van der Waals surface area contributed by atoms with E-state index in [1.807, 2.05) is 0 Å². The first kappa shape index (κ1) is 13.1. The number of alkyl halides is 2. The Kier molecular flexibility index (Phi) is 4.18. The zero-order valence-corrected chi connectivity index (χ0v) is 9.92. The van der Waals surface area contributed by atoms with Crippen LogP contribution in [-0.2, 0) is 6.42 Å². The van der Waals surface area contributed by atoms with Crippen LogP contribution in [0.15, 0.2) is 48.8 Å². The Morgan fingerprint density at radius 1 is 1.21 bits per heavy atom. The molecule has 1 aromatic carbocycles. The molecule has 98 valence electrons. The fourth-order valence-electron chi connectivity index (χ4n) is 1.68. The fraction of sp³-hybridized carbons (Fsp3) is 0.143. The maximum absolute atomic E-state index is 12.2. The van der Waals surface area contributed by atoms with Crippen LogP contribution in [0.3, 0.4) is 0 Å². The summed E-state index contributed by atoms with van der Waals surface area (Å²) in [5.41, 5.74) is 0.867. The van der Waals surface area contributed by atoms with E-state index in [2.05, 4.69) is 9.72 Å². The van der Waals surface area contributed by atoms with E-state index in [0.717, 1.165) is 5.56 Å². The van der Waals surface area contributed by atoms with Gasteiger partial charge in [-0.15, -0.1) is 0 Å². The van der Waals surface area contributed by atoms with E-state index in [-0.39, 0.29) is 23.5 Å². The Morgan fingerprint density at radius 3 is 2.68 bits per heavy atom. The number of benzene rings is 1. The van der Waals surface area contributed by atoms with Crippen molar-refractivity contribution in [2.24, 2.45) is 0 Å². The topological polar surface area (TPSA) is 39.2 Å². The van der Waals surface area contributed by atoms with Crippen molar-refractivity contribution in [2.75, 3.05) is 0 Å². The van der Waals surface area contributed by atoms with Gasteiger partial charge in [0.15, 0.2) is 5.78 Å². The van der Waals surface area contributed by atoms with E-state index in [1.54, 1.807) is 36.7 Å². The molecule has 1 heterocycles. The van der Waals surface area contributed by atoms with Gasteiger partial charge >= 0.3 is 6.61 Å². The quantitative estimate of drug-likeness (QED) is 0.778. The summed E-state index contributed by atoms with van der Waals surface area (Å²) in [6.07, 6.45) is 3.26. The summed E-state index contributed by atoms with van der Waals surface area (Å²) in [4.78, 5) is 16.0. The van der Waals surface area contributed by atoms with Crippen LogP contribution >= 0.6 is 0 Å². The van der Waals surface area contributed by atoms with Gasteiger partial charge in [0.1, 0.15) is 5.75 Å². The number of nitrogens with zero attached hydrogens (tertiary/aromatic N) is 1. The van der Waals surface area contributed by atoms with Crippen molar-refractivity contribution in [1.82, 2.24) is 4.98 Å². The van der Waals surface area contributed by atoms with Crippen LogP contribution in [0, 0.1) is 0 Å². The molecule has 3 nitrogen and oxygen atoms in total. The van der Waals surface area contributed by atoms with Gasteiger partial charge in [-0.25, -0.2) is 0 Å². The summed E-state index contributed by atoms with van der Waals surface area (Å²) in [5.74, 6) is -0.393. The van der Waals surface area contributed by atoms with E-state index < -0.39 is 6.61 Å². The second kappa shape index (κ2) is 6.04. The second-order valence-corrected chi connectivity index (χ2v) is 3.84. The Balaban J connectivity index is 2.19. The Labute approximate surface area is 108 Å². The van der Waals surface area contributed by atoms with Crippen molar-refractivity contribution in [3.05, 3.63) is 59.9 Å². The smallest absolute Gasteiger partial charge is 0.387 e. The molecule has 2 rings (SSSR count). The highest BCUT2D eigenvalue weighted by molar-refractivity contribution is 5.99. The third-order valence-corrected chi connectivity index (χ3v) is 2.49. The minimum Gasteiger partial charge on any atom is -0.434 e. The fourth-order valence-corrected chi connectivity index (χ4v) is 1.68. The molecular formula is C14H11F2NO2. The minimum atomic E-state index is -2.95. The van der Waals surface area contributed by atoms with Gasteiger partial charge in [-0.05, 0) is 23.8 Å². The van der Waals surface area contributed by atoms with Crippen molar-refractivity contribution < 1.29 is 18.3 Å². The molecule has 0 atom stereocenters. The zero-order chi connectivity index (χ0) is 13.7. The average Bonchev–Trinajstić information content (AvgIpc) is 2.39. The number of pyridine rings is 1. The molecule has 0 aliphatic heterocycles. The van der Waals surface area contributed by atoms with Crippen molar-refractivity contribution in [1.29, 1.82) is 0 Å². The maximum atomic E-state index is 12.2. The van der Waals surface area contributed by atoms with Gasteiger partial charge in [0.2, 0.25) is 0 Å². The first-order chi connectivity index (χ1) is 9.16. The number of carbonyl (C=O) groups excluding carboxylic acids is 1. The molecule has 0 spiro atoms. The number of carbonyl (C=O) groups is 1. The third-order valence-electron chi connectivity index (χ3n) is 2.49. The van der Waals surface area contributed by atoms with E-state index in [9.17, 15) is 13.6 Å². The first-order valence-electron chi connectivity index (χ1n) is 5.63. The predicted octanol–water partition coefficient (Wildman–Crippen LogP) is 3.11. The Morgan fingerprint density at radius 2 is 2.00 bits per heavy atom. The van der Waals surface area contributed by atoms with Crippen LogP contribution in [0.1, 0.15) is 15.9 Å². The number of rotatable bonds is 5. The van der Waals surface area contributed by atoms with Crippen LogP contribution in [-0.4, -0.2) is 17.4 Å². The molecule has 0 N–H and O–H groups in total. The van der Waals surface area contributed by atoms with Crippen molar-refractivity contribution in [2.45, 2.75) is 13.0 Å². The summed E-state index contributed by atoms with van der Waals surface area (Å²) < 4.78 is 28.8. The zero-order valence-electron chi connectivity index (χ0n) is 9.92. The van der Waals surface area contributed by atoms with Gasteiger partial charge < -0.3 is 4.74 Å². The maximum Gasteiger partial charge on any atom is 0.387 e. The largest absolute Gasteiger partial charge is 0.434 e. The molecule has 0 saturated heterocycles. The lowest BCUT2D eigenvalue weighted by Gasteiger charge is -2.09. The SMILES string of the molecule is O=C(Cc1cccnc1)c1ccccc1OC(F)F. The van der Waals surface area contributed by atoms with E-state index in [0.29, 0.717) is 0 Å². The Bertz CT molecular complexity index is 558. The number of hydrogen-bond acceptors (Lipinski definition) is 3. The van der Waals surface area contributed by atoms with Crippen LogP contribution in [0.2, 0.25) is 0 Å². The molecular weight excluding hydrogens is 252 g/mol. The van der Waals surface area contributed by atoms with Crippen molar-refractivity contribution >= 4 is 5.78 Å². The lowest BCUT2D eigenvalue weighted by atomic mass is 10.0. The predicted molar refractivity (Wildman–Crippen MR) is 65.3 cm³/mol. The van der Waals surface area contributed by atoms with Gasteiger partial charge in [0.05, 0.1) is 5.56 Å². The highest BCUT2D eigenvalue weighted by Crippen LogP contribution is 2.21. The number of para-hydroxylation sites is 1. The molecule has 2 aromatic rings. The number of halogens is 2. The third kappa shape index (κ3) is 3.58. The number of ether oxygens (including phenoxy) is 1. The summed E-state index contributed by atoms with van der Waals surface area (Å²) >= 11 is 0. The molecule has 0 bridgehead atoms. The minimum absolute atomic E-state index is 0.0947. The van der Waals surface area contributed by atoms with Gasteiger partial charge in [-0.2, -0.15) is 8.78 Å². The second-order valence-electron chi connectivity index (χ2n) is 3.84. The van der Waals surface area contributed by atoms with Gasteiger partial charge in [0, 0.05) is 18.8 Å². The molecule has 0 saturated carbocycles. The van der Waals surface area contributed by atoms with Crippen LogP contribution in [0.25, 0.3) is 0 Å². The summed E-state index contributed by atoms with van der Waals surface area (Å²) in [5, 5.41) is 0. The highest BCUT2D eigenvalue weighted by atomic mass is 19.3. The standard InChI is InChI=1S/C14H11F2NO2/c15-14(16)19-13-6-2-1-5-11(13)12(18)8-10-4-3-7-17-9-10/h1-7,9,14H,8H2. The molecule has 0 radical (unpaired) electrons. The molecule has 0 amide bonds. The number of Topliss-reactive ketones (excluding diaryl/α,β-unsaturated/α-hetero) is 1. The number of aromatic nitrogens is 1. The molecule has 1 aromatic heterocycles. The molecule has 0 unspecified atom stereocenters. The average molecular weight is 263 g/mol. The molecule has 19 heavy (non-hydrogen) atoms. The normalized spacial score (nSPS) is 10.5. The lowest BCUT2D eigenvalue weighted by Crippen LogP contribution is -2.09. The van der Waals surface area contributed by atoms with Crippen molar-refractivity contribution in [3.63, 3.8) is 0 Å². The van der Waals surface area contributed by atoms with Crippen LogP contribution < -0.4 is 4.74 Å². The molecule has 5 heteroatoms.